The zero-order valence-corrected chi connectivity index (χ0v) is 13.8. The van der Waals surface area contributed by atoms with E-state index in [0.717, 1.165) is 17.3 Å². The third-order valence-electron chi connectivity index (χ3n) is 3.18. The van der Waals surface area contributed by atoms with Gasteiger partial charge >= 0.3 is 0 Å². The Balaban J connectivity index is 2.16. The fourth-order valence-electron chi connectivity index (χ4n) is 2.08. The Bertz CT molecular complexity index is 822. The number of carbonyl (C=O) groups is 1. The quantitative estimate of drug-likeness (QED) is 0.323. The van der Waals surface area contributed by atoms with Crippen molar-refractivity contribution in [3.63, 3.8) is 0 Å². The van der Waals surface area contributed by atoms with E-state index in [2.05, 4.69) is 15.4 Å². The minimum atomic E-state index is -0.974. The van der Waals surface area contributed by atoms with Crippen molar-refractivity contribution < 1.29 is 13.6 Å². The number of pyridine rings is 1. The molecule has 1 aromatic heterocycles. The lowest BCUT2D eigenvalue weighted by molar-refractivity contribution is 0.0945. The molecular formula is C16H18F2N6O. The first-order chi connectivity index (χ1) is 11.8. The summed E-state index contributed by atoms with van der Waals surface area (Å²) in [5.74, 6) is 3.14. The number of carbonyl (C=O) groups excluding carboxylic acids is 1. The molecule has 9 heteroatoms. The van der Waals surface area contributed by atoms with E-state index in [1.165, 1.54) is 19.2 Å². The number of aromatic nitrogens is 1. The Labute approximate surface area is 143 Å². The SMILES string of the molecule is Cc1cc(/C(N)=N/N(C)N)cc(C(=O)NCc2ccc(F)c(F)c2)n1. The minimum absolute atomic E-state index is 0.0239. The number of hydrazine groups is 1. The number of hydrogen-bond acceptors (Lipinski definition) is 5. The number of aryl methyl sites for hydroxylation is 1. The molecule has 0 aliphatic carbocycles. The van der Waals surface area contributed by atoms with Gasteiger partial charge in [-0.25, -0.2) is 24.7 Å². The van der Waals surface area contributed by atoms with Crippen molar-refractivity contribution in [1.82, 2.24) is 15.4 Å². The second-order valence-electron chi connectivity index (χ2n) is 5.37. The number of benzene rings is 1. The van der Waals surface area contributed by atoms with Crippen molar-refractivity contribution >= 4 is 11.7 Å². The molecule has 0 saturated heterocycles. The highest BCUT2D eigenvalue weighted by molar-refractivity contribution is 6.00. The summed E-state index contributed by atoms with van der Waals surface area (Å²) in [5, 5.41) is 7.51. The number of amides is 1. The van der Waals surface area contributed by atoms with Crippen LogP contribution in [0.2, 0.25) is 0 Å². The molecule has 1 amide bonds. The van der Waals surface area contributed by atoms with Crippen LogP contribution in [-0.4, -0.2) is 28.9 Å². The molecule has 5 N–H and O–H groups in total. The average molecular weight is 348 g/mol. The largest absolute Gasteiger partial charge is 0.382 e. The van der Waals surface area contributed by atoms with Crippen LogP contribution in [0.15, 0.2) is 35.4 Å². The van der Waals surface area contributed by atoms with Crippen LogP contribution in [0.5, 0.6) is 0 Å². The minimum Gasteiger partial charge on any atom is -0.382 e. The van der Waals surface area contributed by atoms with Gasteiger partial charge < -0.3 is 11.1 Å². The number of nitrogens with two attached hydrogens (primary N) is 2. The van der Waals surface area contributed by atoms with E-state index in [1.54, 1.807) is 13.0 Å². The lowest BCUT2D eigenvalue weighted by Gasteiger charge is -2.10. The average Bonchev–Trinajstić information content (AvgIpc) is 2.54. The first kappa shape index (κ1) is 18.3. The van der Waals surface area contributed by atoms with Crippen molar-refractivity contribution in [2.45, 2.75) is 13.5 Å². The van der Waals surface area contributed by atoms with Gasteiger partial charge in [-0.15, -0.1) is 5.10 Å². The summed E-state index contributed by atoms with van der Waals surface area (Å²) in [6, 6.07) is 6.53. The van der Waals surface area contributed by atoms with E-state index in [0.29, 0.717) is 16.8 Å². The van der Waals surface area contributed by atoms with Crippen molar-refractivity contribution in [2.24, 2.45) is 16.7 Å². The maximum atomic E-state index is 13.2. The molecule has 1 aromatic carbocycles. The van der Waals surface area contributed by atoms with Crippen molar-refractivity contribution in [3.05, 3.63) is 64.5 Å². The van der Waals surface area contributed by atoms with Gasteiger partial charge in [-0.3, -0.25) is 4.79 Å². The second-order valence-corrected chi connectivity index (χ2v) is 5.37. The van der Waals surface area contributed by atoms with Crippen molar-refractivity contribution in [2.75, 3.05) is 7.05 Å². The Morgan fingerprint density at radius 3 is 2.64 bits per heavy atom. The molecule has 0 saturated carbocycles. The van der Waals surface area contributed by atoms with Crippen molar-refractivity contribution in [3.8, 4) is 0 Å². The molecule has 0 unspecified atom stereocenters. The van der Waals surface area contributed by atoms with Gasteiger partial charge in [-0.2, -0.15) is 0 Å². The van der Waals surface area contributed by atoms with Gasteiger partial charge in [0.15, 0.2) is 17.5 Å². The van der Waals surface area contributed by atoms with Crippen LogP contribution in [0.3, 0.4) is 0 Å². The van der Waals surface area contributed by atoms with E-state index in [-0.39, 0.29) is 18.1 Å². The molecule has 7 nitrogen and oxygen atoms in total. The Hall–Kier alpha value is -3.07. The molecule has 2 rings (SSSR count). The van der Waals surface area contributed by atoms with Crippen LogP contribution >= 0.6 is 0 Å². The molecule has 0 spiro atoms. The molecule has 0 radical (unpaired) electrons. The molecule has 0 aliphatic rings. The number of nitrogens with one attached hydrogen (secondary N) is 1. The Kier molecular flexibility index (Phi) is 5.60. The summed E-state index contributed by atoms with van der Waals surface area (Å²) in [5.41, 5.74) is 7.42. The molecular weight excluding hydrogens is 330 g/mol. The summed E-state index contributed by atoms with van der Waals surface area (Å²) >= 11 is 0. The van der Waals surface area contributed by atoms with E-state index >= 15 is 0 Å². The zero-order valence-electron chi connectivity index (χ0n) is 13.8. The number of amidine groups is 1. The highest BCUT2D eigenvalue weighted by Crippen LogP contribution is 2.10. The molecule has 0 bridgehead atoms. The molecule has 0 fully saturated rings. The first-order valence-corrected chi connectivity index (χ1v) is 7.30. The third kappa shape index (κ3) is 4.95. The molecule has 2 aromatic rings. The predicted octanol–water partition coefficient (Wildman–Crippen LogP) is 1.02. The summed E-state index contributed by atoms with van der Waals surface area (Å²) in [6.07, 6.45) is 0. The van der Waals surface area contributed by atoms with E-state index in [4.69, 9.17) is 11.6 Å². The van der Waals surface area contributed by atoms with Gasteiger partial charge in [0.2, 0.25) is 0 Å². The lowest BCUT2D eigenvalue weighted by Crippen LogP contribution is -2.27. The molecule has 25 heavy (non-hydrogen) atoms. The molecule has 1 heterocycles. The van der Waals surface area contributed by atoms with Crippen LogP contribution < -0.4 is 16.9 Å². The maximum absolute atomic E-state index is 13.2. The van der Waals surface area contributed by atoms with Crippen LogP contribution in [0.4, 0.5) is 8.78 Å². The van der Waals surface area contributed by atoms with Crippen LogP contribution in [-0.2, 0) is 6.54 Å². The van der Waals surface area contributed by atoms with Crippen molar-refractivity contribution in [1.29, 1.82) is 0 Å². The first-order valence-electron chi connectivity index (χ1n) is 7.30. The van der Waals surface area contributed by atoms with Gasteiger partial charge in [0.05, 0.1) is 0 Å². The number of halogens is 2. The van der Waals surface area contributed by atoms with Gasteiger partial charge in [0.25, 0.3) is 5.91 Å². The fourth-order valence-corrected chi connectivity index (χ4v) is 2.08. The monoisotopic (exact) mass is 348 g/mol. The Morgan fingerprint density at radius 2 is 2.00 bits per heavy atom. The van der Waals surface area contributed by atoms with E-state index in [1.807, 2.05) is 0 Å². The topological polar surface area (TPSA) is 110 Å². The molecule has 0 aliphatic heterocycles. The second kappa shape index (κ2) is 7.67. The predicted molar refractivity (Wildman–Crippen MR) is 89.2 cm³/mol. The lowest BCUT2D eigenvalue weighted by atomic mass is 10.1. The highest BCUT2D eigenvalue weighted by atomic mass is 19.2. The van der Waals surface area contributed by atoms with Gasteiger partial charge in [-0.1, -0.05) is 6.07 Å². The molecule has 0 atom stereocenters. The summed E-state index contributed by atoms with van der Waals surface area (Å²) in [7, 11) is 1.51. The van der Waals surface area contributed by atoms with Gasteiger partial charge in [0.1, 0.15) is 5.69 Å². The number of hydrogen-bond donors (Lipinski definition) is 3. The van der Waals surface area contributed by atoms with Gasteiger partial charge in [0, 0.05) is 24.8 Å². The van der Waals surface area contributed by atoms with E-state index in [9.17, 15) is 13.6 Å². The van der Waals surface area contributed by atoms with Crippen LogP contribution in [0.1, 0.15) is 27.3 Å². The summed E-state index contributed by atoms with van der Waals surface area (Å²) in [6.45, 7) is 1.73. The Morgan fingerprint density at radius 1 is 1.28 bits per heavy atom. The normalized spacial score (nSPS) is 11.3. The number of hydrazone groups is 1. The summed E-state index contributed by atoms with van der Waals surface area (Å²) < 4.78 is 26.1. The maximum Gasteiger partial charge on any atom is 0.270 e. The number of nitrogens with zero attached hydrogens (tertiary/aromatic N) is 3. The van der Waals surface area contributed by atoms with E-state index < -0.39 is 17.5 Å². The fraction of sp³-hybridized carbons (Fsp3) is 0.188. The van der Waals surface area contributed by atoms with Crippen LogP contribution in [0.25, 0.3) is 0 Å². The zero-order chi connectivity index (χ0) is 18.6. The standard InChI is InChI=1S/C16H18F2N6O/c1-9-5-11(15(19)23-24(2)20)7-14(22-9)16(25)21-8-10-3-4-12(17)13(18)6-10/h3-7H,8,20H2,1-2H3,(H2,19,23)(H,21,25). The third-order valence-corrected chi connectivity index (χ3v) is 3.18. The van der Waals surface area contributed by atoms with Gasteiger partial charge in [-0.05, 0) is 36.8 Å². The van der Waals surface area contributed by atoms with Crippen LogP contribution in [0, 0.1) is 18.6 Å². The smallest absolute Gasteiger partial charge is 0.270 e. The number of rotatable bonds is 5. The highest BCUT2D eigenvalue weighted by Gasteiger charge is 2.12. The summed E-state index contributed by atoms with van der Waals surface area (Å²) in [4.78, 5) is 16.4. The molecule has 132 valence electrons.